The molecule has 0 bridgehead atoms. The van der Waals surface area contributed by atoms with Crippen LogP contribution in [0.1, 0.15) is 42.4 Å². The monoisotopic (exact) mass is 532 g/mol. The maximum Gasteiger partial charge on any atom is 0.244 e. The van der Waals surface area contributed by atoms with E-state index in [-0.39, 0.29) is 17.5 Å². The first-order valence-corrected chi connectivity index (χ1v) is 13.5. The second kappa shape index (κ2) is 13.0. The topological polar surface area (TPSA) is 50.8 Å². The molecule has 1 aliphatic rings. The van der Waals surface area contributed by atoms with Crippen LogP contribution >= 0.6 is 11.6 Å². The first kappa shape index (κ1) is 27.7. The van der Waals surface area contributed by atoms with Crippen molar-refractivity contribution >= 4 is 23.6 Å². The van der Waals surface area contributed by atoms with Gasteiger partial charge in [0.1, 0.15) is 6.61 Å². The summed E-state index contributed by atoms with van der Waals surface area (Å²) in [5, 5.41) is 3.96. The molecule has 0 atom stereocenters. The van der Waals surface area contributed by atoms with E-state index in [0.717, 1.165) is 48.3 Å². The van der Waals surface area contributed by atoms with Gasteiger partial charge in [0.2, 0.25) is 5.91 Å². The van der Waals surface area contributed by atoms with Gasteiger partial charge in [-0.1, -0.05) is 60.1 Å². The van der Waals surface area contributed by atoms with E-state index in [0.29, 0.717) is 18.1 Å². The highest BCUT2D eigenvalue weighted by Gasteiger charge is 2.37. The van der Waals surface area contributed by atoms with E-state index in [2.05, 4.69) is 36.4 Å². The zero-order valence-electron chi connectivity index (χ0n) is 22.5. The summed E-state index contributed by atoms with van der Waals surface area (Å²) >= 11 is 6.07. The van der Waals surface area contributed by atoms with Gasteiger partial charge in [0.05, 0.1) is 7.11 Å². The summed E-state index contributed by atoms with van der Waals surface area (Å²) in [5.41, 5.74) is 3.35. The van der Waals surface area contributed by atoms with Gasteiger partial charge in [-0.3, -0.25) is 4.79 Å². The molecule has 1 N–H and O–H groups in total. The Morgan fingerprint density at radius 1 is 1.00 bits per heavy atom. The van der Waals surface area contributed by atoms with Gasteiger partial charge in [-0.25, -0.2) is 0 Å². The number of carbonyl (C=O) groups excluding carboxylic acids is 1. The lowest BCUT2D eigenvalue weighted by molar-refractivity contribution is -0.117. The van der Waals surface area contributed by atoms with E-state index in [1.807, 2.05) is 66.7 Å². The molecular weight excluding hydrogens is 496 g/mol. The first-order chi connectivity index (χ1) is 18.4. The van der Waals surface area contributed by atoms with Crippen LogP contribution in [0.3, 0.4) is 0 Å². The number of amides is 1. The summed E-state index contributed by atoms with van der Waals surface area (Å²) in [5.74, 6) is 1.23. The Labute approximate surface area is 231 Å². The van der Waals surface area contributed by atoms with Crippen molar-refractivity contribution in [2.24, 2.45) is 0 Å². The molecule has 0 radical (unpaired) electrons. The SMILES string of the molecule is COc1cc(/C=C/C(=O)NC2CCC(Cc3ccc(Cl)cc3)(N(C)C)CC2)ccc1OCc1ccccc1. The van der Waals surface area contributed by atoms with Crippen LogP contribution in [0.4, 0.5) is 0 Å². The largest absolute Gasteiger partial charge is 0.493 e. The average Bonchev–Trinajstić information content (AvgIpc) is 2.93. The van der Waals surface area contributed by atoms with E-state index in [1.54, 1.807) is 13.2 Å². The number of hydrogen-bond donors (Lipinski definition) is 1. The molecule has 6 heteroatoms. The summed E-state index contributed by atoms with van der Waals surface area (Å²) in [7, 11) is 5.93. The predicted octanol–water partition coefficient (Wildman–Crippen LogP) is 6.54. The molecule has 0 unspecified atom stereocenters. The third kappa shape index (κ3) is 7.40. The minimum absolute atomic E-state index is 0.0755. The van der Waals surface area contributed by atoms with E-state index in [9.17, 15) is 4.79 Å². The van der Waals surface area contributed by atoms with Crippen molar-refractivity contribution in [3.8, 4) is 11.5 Å². The van der Waals surface area contributed by atoms with Gasteiger partial charge >= 0.3 is 0 Å². The van der Waals surface area contributed by atoms with Crippen molar-refractivity contribution in [3.05, 3.63) is 101 Å². The van der Waals surface area contributed by atoms with Crippen LogP contribution < -0.4 is 14.8 Å². The average molecular weight is 533 g/mol. The van der Waals surface area contributed by atoms with Gasteiger partial charge < -0.3 is 19.7 Å². The maximum atomic E-state index is 12.7. The summed E-state index contributed by atoms with van der Waals surface area (Å²) in [6.45, 7) is 0.463. The number of carbonyl (C=O) groups is 1. The molecule has 1 fully saturated rings. The van der Waals surface area contributed by atoms with Gasteiger partial charge in [0.15, 0.2) is 11.5 Å². The lowest BCUT2D eigenvalue weighted by Crippen LogP contribution is -2.51. The summed E-state index contributed by atoms with van der Waals surface area (Å²) in [6.07, 6.45) is 8.34. The van der Waals surface area contributed by atoms with Crippen LogP contribution in [-0.4, -0.2) is 43.6 Å². The minimum Gasteiger partial charge on any atom is -0.493 e. The maximum absolute atomic E-state index is 12.7. The van der Waals surface area contributed by atoms with Crippen molar-refractivity contribution in [1.29, 1.82) is 0 Å². The number of nitrogens with one attached hydrogen (secondary N) is 1. The molecule has 1 amide bonds. The standard InChI is InChI=1S/C32H37ClN2O3/c1-35(2)32(22-25-9-13-27(33)14-10-25)19-17-28(18-20-32)34-31(36)16-12-24-11-15-29(30(21-24)37-3)38-23-26-7-5-4-6-8-26/h4-16,21,28H,17-20,22-23H2,1-3H3,(H,34,36)/b16-12+. The first-order valence-electron chi connectivity index (χ1n) is 13.1. The number of ether oxygens (including phenoxy) is 2. The Morgan fingerprint density at radius 3 is 2.37 bits per heavy atom. The van der Waals surface area contributed by atoms with E-state index < -0.39 is 0 Å². The molecule has 1 saturated carbocycles. The lowest BCUT2D eigenvalue weighted by atomic mass is 9.75. The van der Waals surface area contributed by atoms with E-state index >= 15 is 0 Å². The molecule has 0 aromatic heterocycles. The van der Waals surface area contributed by atoms with Crippen LogP contribution in [0.5, 0.6) is 11.5 Å². The molecule has 5 nitrogen and oxygen atoms in total. The van der Waals surface area contributed by atoms with Crippen LogP contribution in [-0.2, 0) is 17.8 Å². The van der Waals surface area contributed by atoms with Crippen LogP contribution in [0.25, 0.3) is 6.08 Å². The minimum atomic E-state index is -0.0755. The van der Waals surface area contributed by atoms with Crippen LogP contribution in [0.15, 0.2) is 78.9 Å². The molecular formula is C32H37ClN2O3. The van der Waals surface area contributed by atoms with Gasteiger partial charge in [-0.05, 0) is 93.2 Å². The fourth-order valence-corrected chi connectivity index (χ4v) is 5.25. The number of halogens is 1. The Balaban J connectivity index is 1.30. The third-order valence-corrected chi connectivity index (χ3v) is 7.76. The summed E-state index contributed by atoms with van der Waals surface area (Å²) in [4.78, 5) is 15.1. The van der Waals surface area contributed by atoms with Crippen molar-refractivity contribution in [2.75, 3.05) is 21.2 Å². The molecule has 0 aliphatic heterocycles. The Bertz CT molecular complexity index is 1220. The van der Waals surface area contributed by atoms with Crippen LogP contribution in [0.2, 0.25) is 5.02 Å². The smallest absolute Gasteiger partial charge is 0.244 e. The summed E-state index contributed by atoms with van der Waals surface area (Å²) in [6, 6.07) is 24.0. The predicted molar refractivity (Wildman–Crippen MR) is 155 cm³/mol. The van der Waals surface area contributed by atoms with Crippen LogP contribution in [0, 0.1) is 0 Å². The van der Waals surface area contributed by atoms with E-state index in [4.69, 9.17) is 21.1 Å². The number of likely N-dealkylation sites (N-methyl/N-ethyl adjacent to an activating group) is 1. The summed E-state index contributed by atoms with van der Waals surface area (Å²) < 4.78 is 11.5. The van der Waals surface area contributed by atoms with Gasteiger partial charge in [0, 0.05) is 22.7 Å². The second-order valence-corrected chi connectivity index (χ2v) is 10.7. The van der Waals surface area contributed by atoms with Gasteiger partial charge in [0.25, 0.3) is 0 Å². The molecule has 3 aromatic rings. The van der Waals surface area contributed by atoms with E-state index in [1.165, 1.54) is 5.56 Å². The van der Waals surface area contributed by atoms with Gasteiger partial charge in [-0.2, -0.15) is 0 Å². The third-order valence-electron chi connectivity index (χ3n) is 7.51. The quantitative estimate of drug-likeness (QED) is 0.301. The highest BCUT2D eigenvalue weighted by molar-refractivity contribution is 6.30. The van der Waals surface area contributed by atoms with Gasteiger partial charge in [-0.15, -0.1) is 0 Å². The zero-order chi connectivity index (χ0) is 27.0. The highest BCUT2D eigenvalue weighted by Crippen LogP contribution is 2.36. The number of benzene rings is 3. The highest BCUT2D eigenvalue weighted by atomic mass is 35.5. The number of nitrogens with zero attached hydrogens (tertiary/aromatic N) is 1. The zero-order valence-corrected chi connectivity index (χ0v) is 23.2. The number of hydrogen-bond acceptors (Lipinski definition) is 4. The van der Waals surface area contributed by atoms with Crippen molar-refractivity contribution < 1.29 is 14.3 Å². The Hall–Kier alpha value is -3.28. The molecule has 1 aliphatic carbocycles. The lowest BCUT2D eigenvalue weighted by Gasteiger charge is -2.45. The fraction of sp³-hybridized carbons (Fsp3) is 0.344. The van der Waals surface area contributed by atoms with Crippen molar-refractivity contribution in [2.45, 2.75) is 50.3 Å². The molecule has 4 rings (SSSR count). The fourth-order valence-electron chi connectivity index (χ4n) is 5.13. The molecule has 0 saturated heterocycles. The Morgan fingerprint density at radius 2 is 1.71 bits per heavy atom. The number of methoxy groups -OCH3 is 1. The molecule has 0 spiro atoms. The normalized spacial score (nSPS) is 19.4. The molecule has 200 valence electrons. The molecule has 3 aromatic carbocycles. The second-order valence-electron chi connectivity index (χ2n) is 10.2. The van der Waals surface area contributed by atoms with Crippen molar-refractivity contribution in [1.82, 2.24) is 10.2 Å². The van der Waals surface area contributed by atoms with Crippen molar-refractivity contribution in [3.63, 3.8) is 0 Å². The number of rotatable bonds is 10. The molecule has 38 heavy (non-hydrogen) atoms. The Kier molecular flexibility index (Phi) is 9.48. The molecule has 0 heterocycles.